The average molecular weight is 247 g/mol. The molecule has 0 amide bonds. The fourth-order valence-electron chi connectivity index (χ4n) is 2.64. The van der Waals surface area contributed by atoms with E-state index in [0.717, 1.165) is 29.8 Å². The SMILES string of the molecule is NC1(Cc2nc3cnccc3s2)CCCCC1. The smallest absolute Gasteiger partial charge is 0.0998 e. The molecule has 0 aromatic carbocycles. The van der Waals surface area contributed by atoms with Crippen molar-refractivity contribution in [3.8, 4) is 0 Å². The Labute approximate surface area is 105 Å². The van der Waals surface area contributed by atoms with Crippen molar-refractivity contribution in [1.82, 2.24) is 9.97 Å². The van der Waals surface area contributed by atoms with Crippen molar-refractivity contribution in [3.63, 3.8) is 0 Å². The van der Waals surface area contributed by atoms with Gasteiger partial charge in [0.2, 0.25) is 0 Å². The summed E-state index contributed by atoms with van der Waals surface area (Å²) in [4.78, 5) is 8.73. The zero-order valence-corrected chi connectivity index (χ0v) is 10.7. The van der Waals surface area contributed by atoms with Crippen molar-refractivity contribution in [2.24, 2.45) is 5.73 Å². The topological polar surface area (TPSA) is 51.8 Å². The number of hydrogen-bond donors (Lipinski definition) is 1. The lowest BCUT2D eigenvalue weighted by Crippen LogP contribution is -2.43. The first-order chi connectivity index (χ1) is 8.25. The van der Waals surface area contributed by atoms with Crippen LogP contribution < -0.4 is 5.73 Å². The Balaban J connectivity index is 1.84. The van der Waals surface area contributed by atoms with Gasteiger partial charge in [-0.3, -0.25) is 4.98 Å². The third-order valence-electron chi connectivity index (χ3n) is 3.59. The third-order valence-corrected chi connectivity index (χ3v) is 4.62. The molecular weight excluding hydrogens is 230 g/mol. The highest BCUT2D eigenvalue weighted by atomic mass is 32.1. The number of aromatic nitrogens is 2. The van der Waals surface area contributed by atoms with Gasteiger partial charge in [0.05, 0.1) is 21.4 Å². The Morgan fingerprint density at radius 3 is 2.88 bits per heavy atom. The van der Waals surface area contributed by atoms with Gasteiger partial charge in [-0.2, -0.15) is 0 Å². The zero-order chi connectivity index (χ0) is 11.7. The highest BCUT2D eigenvalue weighted by molar-refractivity contribution is 7.18. The first-order valence-corrected chi connectivity index (χ1v) is 7.05. The van der Waals surface area contributed by atoms with Gasteiger partial charge in [-0.1, -0.05) is 19.3 Å². The predicted molar refractivity (Wildman–Crippen MR) is 71.1 cm³/mol. The molecule has 1 aliphatic carbocycles. The van der Waals surface area contributed by atoms with Gasteiger partial charge >= 0.3 is 0 Å². The summed E-state index contributed by atoms with van der Waals surface area (Å²) in [5, 5.41) is 1.16. The molecule has 0 saturated heterocycles. The number of thiazole rings is 1. The summed E-state index contributed by atoms with van der Waals surface area (Å²) in [6.07, 6.45) is 10.7. The maximum Gasteiger partial charge on any atom is 0.0998 e. The van der Waals surface area contributed by atoms with Gasteiger partial charge in [0.1, 0.15) is 0 Å². The summed E-state index contributed by atoms with van der Waals surface area (Å²) >= 11 is 1.76. The molecule has 0 aliphatic heterocycles. The van der Waals surface area contributed by atoms with Crippen LogP contribution in [0.4, 0.5) is 0 Å². The van der Waals surface area contributed by atoms with E-state index in [4.69, 9.17) is 5.73 Å². The van der Waals surface area contributed by atoms with E-state index in [1.165, 1.54) is 24.0 Å². The third kappa shape index (κ3) is 2.33. The minimum Gasteiger partial charge on any atom is -0.325 e. The molecule has 2 heterocycles. The van der Waals surface area contributed by atoms with Crippen molar-refractivity contribution in [3.05, 3.63) is 23.5 Å². The molecule has 1 aliphatic rings. The number of nitrogens with two attached hydrogens (primary N) is 1. The normalized spacial score (nSPS) is 19.6. The molecule has 3 nitrogen and oxygen atoms in total. The summed E-state index contributed by atoms with van der Waals surface area (Å²) in [6, 6.07) is 2.03. The molecule has 3 rings (SSSR count). The molecular formula is C13H17N3S. The molecule has 2 N–H and O–H groups in total. The Kier molecular flexibility index (Phi) is 2.84. The molecule has 2 aromatic heterocycles. The van der Waals surface area contributed by atoms with E-state index >= 15 is 0 Å². The van der Waals surface area contributed by atoms with E-state index in [-0.39, 0.29) is 5.54 Å². The van der Waals surface area contributed by atoms with Crippen LogP contribution in [0.15, 0.2) is 18.5 Å². The molecule has 1 fully saturated rings. The molecule has 0 atom stereocenters. The van der Waals surface area contributed by atoms with Crippen molar-refractivity contribution in [2.75, 3.05) is 0 Å². The summed E-state index contributed by atoms with van der Waals surface area (Å²) in [5.41, 5.74) is 7.46. The molecule has 90 valence electrons. The van der Waals surface area contributed by atoms with Crippen LogP contribution in [-0.4, -0.2) is 15.5 Å². The molecule has 0 radical (unpaired) electrons. The Bertz CT molecular complexity index is 481. The second-order valence-corrected chi connectivity index (χ2v) is 6.17. The van der Waals surface area contributed by atoms with Crippen LogP contribution in [-0.2, 0) is 6.42 Å². The molecule has 0 spiro atoms. The second kappa shape index (κ2) is 4.35. The maximum atomic E-state index is 6.46. The summed E-state index contributed by atoms with van der Waals surface area (Å²) in [7, 11) is 0. The number of fused-ring (bicyclic) bond motifs is 1. The Hall–Kier alpha value is -1.00. The minimum absolute atomic E-state index is 0.0143. The highest BCUT2D eigenvalue weighted by Crippen LogP contribution is 2.31. The fourth-order valence-corrected chi connectivity index (χ4v) is 3.73. The van der Waals surface area contributed by atoms with Gasteiger partial charge in [0.25, 0.3) is 0 Å². The summed E-state index contributed by atoms with van der Waals surface area (Å²) < 4.78 is 1.22. The van der Waals surface area contributed by atoms with Gasteiger partial charge in [-0.25, -0.2) is 4.98 Å². The van der Waals surface area contributed by atoms with Gasteiger partial charge in [0.15, 0.2) is 0 Å². The number of pyridine rings is 1. The van der Waals surface area contributed by atoms with Crippen LogP contribution in [0, 0.1) is 0 Å². The first-order valence-electron chi connectivity index (χ1n) is 6.24. The van der Waals surface area contributed by atoms with Gasteiger partial charge in [-0.05, 0) is 18.9 Å². The van der Waals surface area contributed by atoms with E-state index in [9.17, 15) is 0 Å². The van der Waals surface area contributed by atoms with E-state index in [1.54, 1.807) is 11.3 Å². The number of hydrogen-bond acceptors (Lipinski definition) is 4. The summed E-state index contributed by atoms with van der Waals surface area (Å²) in [5.74, 6) is 0. The average Bonchev–Trinajstić information content (AvgIpc) is 2.71. The van der Waals surface area contributed by atoms with Crippen LogP contribution >= 0.6 is 11.3 Å². The minimum atomic E-state index is -0.0143. The fraction of sp³-hybridized carbons (Fsp3) is 0.538. The molecule has 0 bridgehead atoms. The summed E-state index contributed by atoms with van der Waals surface area (Å²) in [6.45, 7) is 0. The largest absolute Gasteiger partial charge is 0.325 e. The molecule has 1 saturated carbocycles. The van der Waals surface area contributed by atoms with Crippen molar-refractivity contribution >= 4 is 21.6 Å². The molecule has 17 heavy (non-hydrogen) atoms. The highest BCUT2D eigenvalue weighted by Gasteiger charge is 2.28. The first kappa shape index (κ1) is 11.1. The van der Waals surface area contributed by atoms with E-state index in [0.29, 0.717) is 0 Å². The van der Waals surface area contributed by atoms with Gasteiger partial charge in [-0.15, -0.1) is 11.3 Å². The lowest BCUT2D eigenvalue weighted by Gasteiger charge is -2.32. The quantitative estimate of drug-likeness (QED) is 0.887. The zero-order valence-electron chi connectivity index (χ0n) is 9.85. The molecule has 0 unspecified atom stereocenters. The van der Waals surface area contributed by atoms with Crippen LogP contribution in [0.1, 0.15) is 37.1 Å². The number of nitrogens with zero attached hydrogens (tertiary/aromatic N) is 2. The van der Waals surface area contributed by atoms with Crippen molar-refractivity contribution < 1.29 is 0 Å². The number of rotatable bonds is 2. The van der Waals surface area contributed by atoms with E-state index < -0.39 is 0 Å². The maximum absolute atomic E-state index is 6.46. The van der Waals surface area contributed by atoms with E-state index in [2.05, 4.69) is 9.97 Å². The monoisotopic (exact) mass is 247 g/mol. The van der Waals surface area contributed by atoms with Crippen LogP contribution in [0.5, 0.6) is 0 Å². The molecule has 4 heteroatoms. The van der Waals surface area contributed by atoms with Gasteiger partial charge < -0.3 is 5.73 Å². The van der Waals surface area contributed by atoms with Crippen molar-refractivity contribution in [1.29, 1.82) is 0 Å². The van der Waals surface area contributed by atoms with E-state index in [1.807, 2.05) is 18.5 Å². The lowest BCUT2D eigenvalue weighted by atomic mass is 9.80. The predicted octanol–water partition coefficient (Wildman–Crippen LogP) is 2.90. The van der Waals surface area contributed by atoms with Crippen LogP contribution in [0.3, 0.4) is 0 Å². The van der Waals surface area contributed by atoms with Crippen LogP contribution in [0.25, 0.3) is 10.2 Å². The standard InChI is InChI=1S/C13H17N3S/c14-13(5-2-1-3-6-13)8-12-16-10-9-15-7-4-11(10)17-12/h4,7,9H,1-3,5-6,8,14H2. The Morgan fingerprint density at radius 2 is 2.12 bits per heavy atom. The van der Waals surface area contributed by atoms with Crippen molar-refractivity contribution in [2.45, 2.75) is 44.1 Å². The second-order valence-electron chi connectivity index (χ2n) is 5.05. The van der Waals surface area contributed by atoms with Gasteiger partial charge in [0, 0.05) is 18.2 Å². The molecule has 2 aromatic rings. The lowest BCUT2D eigenvalue weighted by molar-refractivity contribution is 0.294. The van der Waals surface area contributed by atoms with Crippen LogP contribution in [0.2, 0.25) is 0 Å². The Morgan fingerprint density at radius 1 is 1.29 bits per heavy atom.